The van der Waals surface area contributed by atoms with Gasteiger partial charge in [-0.2, -0.15) is 5.10 Å². The van der Waals surface area contributed by atoms with Crippen LogP contribution in [0.15, 0.2) is 36.5 Å². The summed E-state index contributed by atoms with van der Waals surface area (Å²) in [6.07, 6.45) is 1.46. The molecule has 0 spiro atoms. The molecule has 1 heterocycles. The van der Waals surface area contributed by atoms with Crippen molar-refractivity contribution in [2.24, 2.45) is 0 Å². The minimum Gasteiger partial charge on any atom is -0.480 e. The topological polar surface area (TPSA) is 127 Å². The Labute approximate surface area is 130 Å². The quantitative estimate of drug-likeness (QED) is 0.633. The maximum atomic E-state index is 12.0. The minimum absolute atomic E-state index is 0.00540. The molecule has 1 aromatic carbocycles. The summed E-state index contributed by atoms with van der Waals surface area (Å²) in [6, 6.07) is 7.16. The number of hydrogen-bond acceptors (Lipinski definition) is 5. The Morgan fingerprint density at radius 1 is 1.35 bits per heavy atom. The smallest absolute Gasteiger partial charge is 0.328 e. The summed E-state index contributed by atoms with van der Waals surface area (Å²) >= 11 is 0. The van der Waals surface area contributed by atoms with Crippen molar-refractivity contribution >= 4 is 17.6 Å². The highest BCUT2D eigenvalue weighted by Gasteiger charge is 2.30. The highest BCUT2D eigenvalue weighted by atomic mass is 16.6. The van der Waals surface area contributed by atoms with Crippen LogP contribution in [-0.2, 0) is 4.79 Å². The summed E-state index contributed by atoms with van der Waals surface area (Å²) in [4.78, 5) is 33.3. The zero-order valence-electron chi connectivity index (χ0n) is 12.4. The number of nitro groups is 1. The van der Waals surface area contributed by atoms with E-state index in [-0.39, 0.29) is 11.4 Å². The molecule has 2 rings (SSSR count). The molecule has 0 saturated heterocycles. The van der Waals surface area contributed by atoms with Crippen molar-refractivity contribution in [3.63, 3.8) is 0 Å². The highest BCUT2D eigenvalue weighted by Crippen LogP contribution is 2.16. The Hall–Kier alpha value is -3.23. The Kier molecular flexibility index (Phi) is 4.12. The van der Waals surface area contributed by atoms with E-state index in [0.29, 0.717) is 5.69 Å². The molecule has 2 N–H and O–H groups in total. The maximum absolute atomic E-state index is 12.0. The Balaban J connectivity index is 2.24. The van der Waals surface area contributed by atoms with Gasteiger partial charge < -0.3 is 10.4 Å². The Morgan fingerprint density at radius 3 is 2.65 bits per heavy atom. The van der Waals surface area contributed by atoms with Crippen LogP contribution in [0.25, 0.3) is 5.69 Å². The van der Waals surface area contributed by atoms with Crippen molar-refractivity contribution in [3.05, 3.63) is 52.3 Å². The fraction of sp³-hybridized carbons (Fsp3) is 0.214. The molecule has 0 saturated carbocycles. The third kappa shape index (κ3) is 3.51. The summed E-state index contributed by atoms with van der Waals surface area (Å²) in [5, 5.41) is 26.1. The lowest BCUT2D eigenvalue weighted by molar-refractivity contribution is -0.384. The molecule has 23 heavy (non-hydrogen) atoms. The van der Waals surface area contributed by atoms with E-state index in [1.807, 2.05) is 0 Å². The summed E-state index contributed by atoms with van der Waals surface area (Å²) in [5.41, 5.74) is -1.12. The van der Waals surface area contributed by atoms with E-state index < -0.39 is 22.3 Å². The lowest BCUT2D eigenvalue weighted by atomic mass is 10.1. The molecule has 1 aromatic heterocycles. The molecule has 0 fully saturated rings. The molecule has 0 radical (unpaired) electrons. The number of aromatic nitrogens is 2. The predicted octanol–water partition coefficient (Wildman–Crippen LogP) is 1.37. The number of hydrogen-bond donors (Lipinski definition) is 2. The molecule has 2 aromatic rings. The van der Waals surface area contributed by atoms with Gasteiger partial charge in [0, 0.05) is 18.3 Å². The molecule has 1 amide bonds. The van der Waals surface area contributed by atoms with Gasteiger partial charge >= 0.3 is 5.97 Å². The average molecular weight is 318 g/mol. The van der Waals surface area contributed by atoms with Gasteiger partial charge in [0.15, 0.2) is 5.69 Å². The highest BCUT2D eigenvalue weighted by molar-refractivity contribution is 5.96. The molecule has 0 aliphatic heterocycles. The molecule has 0 aliphatic carbocycles. The molecule has 0 unspecified atom stereocenters. The molecular weight excluding hydrogens is 304 g/mol. The fourth-order valence-electron chi connectivity index (χ4n) is 1.74. The minimum atomic E-state index is -1.44. The van der Waals surface area contributed by atoms with Gasteiger partial charge in [-0.1, -0.05) is 6.07 Å². The van der Waals surface area contributed by atoms with E-state index in [1.165, 1.54) is 49.0 Å². The first kappa shape index (κ1) is 16.1. The Morgan fingerprint density at radius 2 is 2.04 bits per heavy atom. The monoisotopic (exact) mass is 318 g/mol. The van der Waals surface area contributed by atoms with Crippen molar-refractivity contribution in [2.45, 2.75) is 19.4 Å². The predicted molar refractivity (Wildman–Crippen MR) is 79.4 cm³/mol. The second kappa shape index (κ2) is 5.87. The third-order valence-corrected chi connectivity index (χ3v) is 3.09. The van der Waals surface area contributed by atoms with Crippen molar-refractivity contribution in [2.75, 3.05) is 0 Å². The van der Waals surface area contributed by atoms with E-state index in [9.17, 15) is 19.7 Å². The number of carbonyl (C=O) groups excluding carboxylic acids is 1. The standard InChI is InChI=1S/C14H14N4O5/c1-14(2,13(20)21)15-12(19)11-6-7-17(16-11)9-4-3-5-10(8-9)18(22)23/h3-8H,1-2H3,(H,15,19)(H,20,21). The van der Waals surface area contributed by atoms with Crippen LogP contribution in [0.3, 0.4) is 0 Å². The maximum Gasteiger partial charge on any atom is 0.328 e. The molecule has 0 aliphatic rings. The van der Waals surface area contributed by atoms with Gasteiger partial charge in [0.05, 0.1) is 10.6 Å². The number of nitrogens with one attached hydrogen (secondary N) is 1. The number of nitro benzene ring substituents is 1. The van der Waals surface area contributed by atoms with Gasteiger partial charge in [-0.25, -0.2) is 9.48 Å². The first-order chi connectivity index (χ1) is 10.7. The lowest BCUT2D eigenvalue weighted by Gasteiger charge is -2.20. The third-order valence-electron chi connectivity index (χ3n) is 3.09. The van der Waals surface area contributed by atoms with Crippen LogP contribution in [-0.4, -0.2) is 37.2 Å². The SMILES string of the molecule is CC(C)(NC(=O)c1ccn(-c2cccc([N+](=O)[O-])c2)n1)C(=O)O. The van der Waals surface area contributed by atoms with Crippen LogP contribution in [0.4, 0.5) is 5.69 Å². The van der Waals surface area contributed by atoms with Crippen LogP contribution < -0.4 is 5.32 Å². The zero-order chi connectivity index (χ0) is 17.2. The normalized spacial score (nSPS) is 11.0. The van der Waals surface area contributed by atoms with Gasteiger partial charge in [-0.05, 0) is 26.0 Å². The second-order valence-corrected chi connectivity index (χ2v) is 5.31. The van der Waals surface area contributed by atoms with Crippen LogP contribution in [0, 0.1) is 10.1 Å². The number of carboxylic acid groups (broad SMARTS) is 1. The van der Waals surface area contributed by atoms with E-state index in [1.54, 1.807) is 6.07 Å². The van der Waals surface area contributed by atoms with Crippen molar-refractivity contribution in [1.82, 2.24) is 15.1 Å². The number of benzene rings is 1. The van der Waals surface area contributed by atoms with Crippen molar-refractivity contribution in [3.8, 4) is 5.69 Å². The average Bonchev–Trinajstić information content (AvgIpc) is 2.96. The van der Waals surface area contributed by atoms with Gasteiger partial charge in [0.25, 0.3) is 11.6 Å². The van der Waals surface area contributed by atoms with Gasteiger partial charge in [0.2, 0.25) is 0 Å². The molecule has 9 heteroatoms. The van der Waals surface area contributed by atoms with Gasteiger partial charge in [-0.15, -0.1) is 0 Å². The van der Waals surface area contributed by atoms with Crippen LogP contribution >= 0.6 is 0 Å². The summed E-state index contributed by atoms with van der Waals surface area (Å²) in [6.45, 7) is 2.70. The van der Waals surface area contributed by atoms with Crippen LogP contribution in [0.1, 0.15) is 24.3 Å². The van der Waals surface area contributed by atoms with Gasteiger partial charge in [0.1, 0.15) is 5.54 Å². The number of nitrogens with zero attached hydrogens (tertiary/aromatic N) is 3. The van der Waals surface area contributed by atoms with Gasteiger partial charge in [-0.3, -0.25) is 14.9 Å². The number of amides is 1. The van der Waals surface area contributed by atoms with Crippen molar-refractivity contribution in [1.29, 1.82) is 0 Å². The summed E-state index contributed by atoms with van der Waals surface area (Å²) < 4.78 is 1.30. The fourth-order valence-corrected chi connectivity index (χ4v) is 1.74. The second-order valence-electron chi connectivity index (χ2n) is 5.31. The van der Waals surface area contributed by atoms with E-state index in [4.69, 9.17) is 5.11 Å². The Bertz CT molecular complexity index is 781. The number of aliphatic carboxylic acids is 1. The summed E-state index contributed by atoms with van der Waals surface area (Å²) in [7, 11) is 0. The molecule has 0 atom stereocenters. The van der Waals surface area contributed by atoms with E-state index in [0.717, 1.165) is 0 Å². The first-order valence-electron chi connectivity index (χ1n) is 6.57. The van der Waals surface area contributed by atoms with E-state index in [2.05, 4.69) is 10.4 Å². The number of carbonyl (C=O) groups is 2. The van der Waals surface area contributed by atoms with Crippen LogP contribution in [0.2, 0.25) is 0 Å². The molecule has 0 bridgehead atoms. The van der Waals surface area contributed by atoms with Crippen LogP contribution in [0.5, 0.6) is 0 Å². The molecular formula is C14H14N4O5. The van der Waals surface area contributed by atoms with E-state index >= 15 is 0 Å². The lowest BCUT2D eigenvalue weighted by Crippen LogP contribution is -2.49. The number of carboxylic acids is 1. The number of non-ortho nitro benzene ring substituents is 1. The summed E-state index contributed by atoms with van der Waals surface area (Å²) in [5.74, 6) is -1.83. The zero-order valence-corrected chi connectivity index (χ0v) is 12.4. The van der Waals surface area contributed by atoms with Crippen molar-refractivity contribution < 1.29 is 19.6 Å². The molecule has 120 valence electrons. The molecule has 9 nitrogen and oxygen atoms in total. The first-order valence-corrected chi connectivity index (χ1v) is 6.57. The largest absolute Gasteiger partial charge is 0.480 e. The number of rotatable bonds is 5.